The predicted octanol–water partition coefficient (Wildman–Crippen LogP) is 1.78. The molecule has 1 fully saturated rings. The lowest BCUT2D eigenvalue weighted by Crippen LogP contribution is -2.19. The van der Waals surface area contributed by atoms with Crippen molar-refractivity contribution in [1.82, 2.24) is 4.72 Å². The van der Waals surface area contributed by atoms with Gasteiger partial charge >= 0.3 is 0 Å². The molecular formula is C13H21N3O2S. The summed E-state index contributed by atoms with van der Waals surface area (Å²) < 4.78 is 25.6. The van der Waals surface area contributed by atoms with Crippen molar-refractivity contribution < 1.29 is 8.42 Å². The maximum atomic E-state index is 11.6. The van der Waals surface area contributed by atoms with E-state index in [1.807, 2.05) is 0 Å². The second-order valence-electron chi connectivity index (χ2n) is 4.99. The van der Waals surface area contributed by atoms with E-state index >= 15 is 0 Å². The average molecular weight is 283 g/mol. The zero-order valence-corrected chi connectivity index (χ0v) is 12.1. The van der Waals surface area contributed by atoms with E-state index in [0.29, 0.717) is 11.7 Å². The second-order valence-corrected chi connectivity index (χ2v) is 6.88. The van der Waals surface area contributed by atoms with Crippen molar-refractivity contribution in [2.24, 2.45) is 5.92 Å². The van der Waals surface area contributed by atoms with E-state index in [1.165, 1.54) is 32.4 Å². The Balaban J connectivity index is 2.09. The van der Waals surface area contributed by atoms with Gasteiger partial charge < -0.3 is 11.1 Å². The number of nitrogen functional groups attached to an aromatic ring is 1. The van der Waals surface area contributed by atoms with Crippen molar-refractivity contribution in [2.75, 3.05) is 18.1 Å². The lowest BCUT2D eigenvalue weighted by molar-refractivity contribution is 0.588. The fourth-order valence-electron chi connectivity index (χ4n) is 2.27. The van der Waals surface area contributed by atoms with Gasteiger partial charge in [0, 0.05) is 6.04 Å². The van der Waals surface area contributed by atoms with Crippen LogP contribution in [0.3, 0.4) is 0 Å². The molecule has 2 rings (SSSR count). The van der Waals surface area contributed by atoms with Crippen LogP contribution in [0.15, 0.2) is 23.1 Å². The Hall–Kier alpha value is -1.27. The van der Waals surface area contributed by atoms with Gasteiger partial charge in [-0.1, -0.05) is 13.3 Å². The Bertz CT molecular complexity index is 557. The summed E-state index contributed by atoms with van der Waals surface area (Å²) in [6, 6.07) is 5.28. The van der Waals surface area contributed by atoms with E-state index in [9.17, 15) is 8.42 Å². The molecule has 0 amide bonds. The van der Waals surface area contributed by atoms with Crippen molar-refractivity contribution in [3.63, 3.8) is 0 Å². The molecule has 0 bridgehead atoms. The van der Waals surface area contributed by atoms with Gasteiger partial charge in [0.1, 0.15) is 0 Å². The van der Waals surface area contributed by atoms with E-state index in [4.69, 9.17) is 5.73 Å². The number of anilines is 2. The summed E-state index contributed by atoms with van der Waals surface area (Å²) in [7, 11) is -2.04. The smallest absolute Gasteiger partial charge is 0.240 e. The largest absolute Gasteiger partial charge is 0.397 e. The molecule has 19 heavy (non-hydrogen) atoms. The Morgan fingerprint density at radius 3 is 2.74 bits per heavy atom. The maximum Gasteiger partial charge on any atom is 0.240 e. The Morgan fingerprint density at radius 2 is 2.16 bits per heavy atom. The number of benzene rings is 1. The normalized spacial score (nSPS) is 22.2. The molecule has 4 N–H and O–H groups in total. The molecule has 1 aromatic carbocycles. The predicted molar refractivity (Wildman–Crippen MR) is 77.5 cm³/mol. The van der Waals surface area contributed by atoms with Gasteiger partial charge in [-0.3, -0.25) is 0 Å². The molecule has 0 aromatic heterocycles. The van der Waals surface area contributed by atoms with Gasteiger partial charge in [0.05, 0.1) is 16.3 Å². The number of hydrogen-bond acceptors (Lipinski definition) is 4. The third-order valence-electron chi connectivity index (χ3n) is 3.53. The molecule has 106 valence electrons. The Kier molecular flexibility index (Phi) is 4.01. The van der Waals surface area contributed by atoms with Crippen molar-refractivity contribution in [2.45, 2.75) is 37.1 Å². The zero-order valence-electron chi connectivity index (χ0n) is 11.3. The molecule has 1 aliphatic rings. The van der Waals surface area contributed by atoms with Gasteiger partial charge in [-0.15, -0.1) is 0 Å². The van der Waals surface area contributed by atoms with Crippen LogP contribution in [0.5, 0.6) is 0 Å². The molecule has 6 heteroatoms. The van der Waals surface area contributed by atoms with Gasteiger partial charge in [0.25, 0.3) is 0 Å². The number of rotatable bonds is 6. The first-order valence-corrected chi connectivity index (χ1v) is 8.06. The SMILES string of the molecule is CCCC1CC1Nc1ccc(S(=O)(=O)NC)cc1N. The molecule has 0 saturated heterocycles. The summed E-state index contributed by atoms with van der Waals surface area (Å²) in [6.07, 6.45) is 3.59. The summed E-state index contributed by atoms with van der Waals surface area (Å²) in [6.45, 7) is 2.18. The van der Waals surface area contributed by atoms with E-state index < -0.39 is 10.0 Å². The highest BCUT2D eigenvalue weighted by Crippen LogP contribution is 2.38. The van der Waals surface area contributed by atoms with Crippen molar-refractivity contribution in [1.29, 1.82) is 0 Å². The number of nitrogens with two attached hydrogens (primary N) is 1. The third kappa shape index (κ3) is 3.19. The first-order valence-electron chi connectivity index (χ1n) is 6.57. The molecule has 0 aliphatic heterocycles. The highest BCUT2D eigenvalue weighted by atomic mass is 32.2. The minimum atomic E-state index is -3.43. The van der Waals surface area contributed by atoms with Crippen LogP contribution in [0.1, 0.15) is 26.2 Å². The van der Waals surface area contributed by atoms with Gasteiger partial charge in [-0.2, -0.15) is 0 Å². The topological polar surface area (TPSA) is 84.2 Å². The van der Waals surface area contributed by atoms with E-state index in [-0.39, 0.29) is 4.90 Å². The molecule has 0 spiro atoms. The Labute approximate surface area is 114 Å². The van der Waals surface area contributed by atoms with Crippen molar-refractivity contribution in [3.8, 4) is 0 Å². The minimum absolute atomic E-state index is 0.193. The van der Waals surface area contributed by atoms with Gasteiger partial charge in [0.2, 0.25) is 10.0 Å². The lowest BCUT2D eigenvalue weighted by atomic mass is 10.2. The summed E-state index contributed by atoms with van der Waals surface area (Å²) in [4.78, 5) is 0.193. The van der Waals surface area contributed by atoms with Gasteiger partial charge in [-0.05, 0) is 44.0 Å². The standard InChI is InChI=1S/C13H21N3O2S/c1-3-4-9-7-13(9)16-12-6-5-10(8-11(12)14)19(17,18)15-2/h5-6,8-9,13,15-16H,3-4,7,14H2,1-2H3. The third-order valence-corrected chi connectivity index (χ3v) is 4.94. The molecule has 1 aliphatic carbocycles. The van der Waals surface area contributed by atoms with Crippen LogP contribution in [-0.4, -0.2) is 21.5 Å². The highest BCUT2D eigenvalue weighted by Gasteiger charge is 2.36. The summed E-state index contributed by atoms with van der Waals surface area (Å²) >= 11 is 0. The van der Waals surface area contributed by atoms with Crippen molar-refractivity contribution >= 4 is 21.4 Å². The van der Waals surface area contributed by atoms with Crippen LogP contribution in [0, 0.1) is 5.92 Å². The molecule has 2 unspecified atom stereocenters. The first-order chi connectivity index (χ1) is 8.97. The second kappa shape index (κ2) is 5.38. The average Bonchev–Trinajstić information content (AvgIpc) is 3.10. The quantitative estimate of drug-likeness (QED) is 0.695. The summed E-state index contributed by atoms with van der Waals surface area (Å²) in [5, 5.41) is 3.38. The summed E-state index contributed by atoms with van der Waals surface area (Å²) in [5.41, 5.74) is 7.20. The van der Waals surface area contributed by atoms with Crippen LogP contribution in [0.4, 0.5) is 11.4 Å². The number of hydrogen-bond donors (Lipinski definition) is 3. The maximum absolute atomic E-state index is 11.6. The molecule has 1 aromatic rings. The van der Waals surface area contributed by atoms with Crippen molar-refractivity contribution in [3.05, 3.63) is 18.2 Å². The number of nitrogens with one attached hydrogen (secondary N) is 2. The van der Waals surface area contributed by atoms with E-state index in [2.05, 4.69) is 17.0 Å². The summed E-state index contributed by atoms with van der Waals surface area (Å²) in [5.74, 6) is 0.727. The molecule has 0 heterocycles. The molecule has 0 radical (unpaired) electrons. The number of sulfonamides is 1. The molecule has 5 nitrogen and oxygen atoms in total. The van der Waals surface area contributed by atoms with Crippen LogP contribution >= 0.6 is 0 Å². The van der Waals surface area contributed by atoms with Crippen LogP contribution in [-0.2, 0) is 10.0 Å². The van der Waals surface area contributed by atoms with Crippen LogP contribution < -0.4 is 15.8 Å². The Morgan fingerprint density at radius 1 is 1.42 bits per heavy atom. The van der Waals surface area contributed by atoms with Gasteiger partial charge in [0.15, 0.2) is 0 Å². The van der Waals surface area contributed by atoms with E-state index in [1.54, 1.807) is 12.1 Å². The highest BCUT2D eigenvalue weighted by molar-refractivity contribution is 7.89. The fraction of sp³-hybridized carbons (Fsp3) is 0.538. The van der Waals surface area contributed by atoms with E-state index in [0.717, 1.165) is 11.6 Å². The zero-order chi connectivity index (χ0) is 14.0. The molecule has 1 saturated carbocycles. The van der Waals surface area contributed by atoms with Crippen LogP contribution in [0.2, 0.25) is 0 Å². The fourth-order valence-corrected chi connectivity index (χ4v) is 3.04. The minimum Gasteiger partial charge on any atom is -0.397 e. The van der Waals surface area contributed by atoms with Crippen LogP contribution in [0.25, 0.3) is 0 Å². The molecular weight excluding hydrogens is 262 g/mol. The molecule has 2 atom stereocenters. The lowest BCUT2D eigenvalue weighted by Gasteiger charge is -2.11. The monoisotopic (exact) mass is 283 g/mol. The van der Waals surface area contributed by atoms with Gasteiger partial charge in [-0.25, -0.2) is 13.1 Å². The first kappa shape index (κ1) is 14.1.